The van der Waals surface area contributed by atoms with Crippen LogP contribution in [0.1, 0.15) is 29.7 Å². The van der Waals surface area contributed by atoms with Gasteiger partial charge in [0.2, 0.25) is 5.91 Å². The molecule has 1 aliphatic rings. The molecule has 8 heteroatoms. The smallest absolute Gasteiger partial charge is 0.238 e. The molecule has 1 aromatic carbocycles. The van der Waals surface area contributed by atoms with Crippen molar-refractivity contribution in [3.05, 3.63) is 40.2 Å². The molecular weight excluding hydrogens is 392 g/mol. The van der Waals surface area contributed by atoms with E-state index >= 15 is 0 Å². The maximum absolute atomic E-state index is 12.4. The molecule has 0 spiro atoms. The third kappa shape index (κ3) is 5.29. The van der Waals surface area contributed by atoms with E-state index in [0.29, 0.717) is 24.4 Å². The fraction of sp³-hybridized carbons (Fsp3) is 0.524. The zero-order valence-corrected chi connectivity index (χ0v) is 18.2. The summed E-state index contributed by atoms with van der Waals surface area (Å²) < 4.78 is 7.60. The maximum atomic E-state index is 12.4. The Morgan fingerprint density at radius 1 is 1.34 bits per heavy atom. The lowest BCUT2D eigenvalue weighted by molar-refractivity contribution is -0.119. The molecule has 1 unspecified atom stereocenters. The summed E-state index contributed by atoms with van der Waals surface area (Å²) >= 11 is 6.21. The Hall–Kier alpha value is -2.09. The molecule has 0 radical (unpaired) electrons. The molecule has 1 aliphatic heterocycles. The Labute approximate surface area is 176 Å². The molecule has 2 heterocycles. The number of aryl methyl sites for hydroxylation is 3. The highest BCUT2D eigenvalue weighted by molar-refractivity contribution is 6.32. The molecule has 2 aromatic rings. The molecule has 29 heavy (non-hydrogen) atoms. The molecule has 7 nitrogen and oxygen atoms in total. The zero-order chi connectivity index (χ0) is 21.2. The number of aliphatic hydroxyl groups is 1. The van der Waals surface area contributed by atoms with E-state index in [1.807, 2.05) is 44.9 Å². The van der Waals surface area contributed by atoms with Gasteiger partial charge in [0.1, 0.15) is 18.0 Å². The predicted octanol–water partition coefficient (Wildman–Crippen LogP) is 2.84. The van der Waals surface area contributed by atoms with E-state index in [1.165, 1.54) is 0 Å². The van der Waals surface area contributed by atoms with Gasteiger partial charge < -0.3 is 15.2 Å². The van der Waals surface area contributed by atoms with Gasteiger partial charge in [0.05, 0.1) is 24.1 Å². The number of β-amino-alcohol motifs (C(OH)–C–C–N with tert-alkyl or cyclic N) is 1. The number of halogens is 1. The van der Waals surface area contributed by atoms with E-state index in [1.54, 1.807) is 10.9 Å². The number of benzene rings is 1. The predicted molar refractivity (Wildman–Crippen MR) is 114 cm³/mol. The van der Waals surface area contributed by atoms with Crippen LogP contribution >= 0.6 is 11.6 Å². The molecule has 0 saturated carbocycles. The number of piperidine rings is 1. The number of carbonyl (C=O) groups is 1. The minimum absolute atomic E-state index is 0.116. The third-order valence-electron chi connectivity index (χ3n) is 5.43. The SMILES string of the molecule is Cc1cc(OCC2(O)CCCN(CC(=O)Nc3cnn(C)c3C)C2)cc(C)c1Cl. The van der Waals surface area contributed by atoms with Gasteiger partial charge in [0, 0.05) is 18.6 Å². The van der Waals surface area contributed by atoms with E-state index in [4.69, 9.17) is 16.3 Å². The summed E-state index contributed by atoms with van der Waals surface area (Å²) in [6.07, 6.45) is 3.08. The van der Waals surface area contributed by atoms with Crippen LogP contribution in [-0.4, -0.2) is 57.5 Å². The van der Waals surface area contributed by atoms with E-state index in [9.17, 15) is 9.90 Å². The van der Waals surface area contributed by atoms with Crippen molar-refractivity contribution in [2.75, 3.05) is 31.6 Å². The third-order valence-corrected chi connectivity index (χ3v) is 6.02. The Kier molecular flexibility index (Phi) is 6.51. The van der Waals surface area contributed by atoms with E-state index in [0.717, 1.165) is 34.8 Å². The fourth-order valence-corrected chi connectivity index (χ4v) is 3.79. The second-order valence-electron chi connectivity index (χ2n) is 8.01. The number of nitrogens with one attached hydrogen (secondary N) is 1. The van der Waals surface area contributed by atoms with E-state index in [-0.39, 0.29) is 19.1 Å². The molecular formula is C21H29ClN4O3. The first-order valence-electron chi connectivity index (χ1n) is 9.79. The topological polar surface area (TPSA) is 79.6 Å². The number of rotatable bonds is 6. The van der Waals surface area contributed by atoms with Gasteiger partial charge in [0.15, 0.2) is 0 Å². The quantitative estimate of drug-likeness (QED) is 0.751. The summed E-state index contributed by atoms with van der Waals surface area (Å²) in [5.74, 6) is 0.579. The summed E-state index contributed by atoms with van der Waals surface area (Å²) in [5, 5.41) is 18.8. The van der Waals surface area contributed by atoms with E-state index < -0.39 is 5.60 Å². The van der Waals surface area contributed by atoms with Gasteiger partial charge in [-0.2, -0.15) is 5.10 Å². The van der Waals surface area contributed by atoms with Gasteiger partial charge in [-0.15, -0.1) is 0 Å². The molecule has 0 aliphatic carbocycles. The van der Waals surface area contributed by atoms with Crippen LogP contribution in [0.2, 0.25) is 5.02 Å². The maximum Gasteiger partial charge on any atom is 0.238 e. The lowest BCUT2D eigenvalue weighted by Gasteiger charge is -2.38. The van der Waals surface area contributed by atoms with Crippen molar-refractivity contribution >= 4 is 23.2 Å². The normalized spacial score (nSPS) is 19.9. The number of hydrogen-bond acceptors (Lipinski definition) is 5. The summed E-state index contributed by atoms with van der Waals surface area (Å²) in [6, 6.07) is 3.76. The van der Waals surface area contributed by atoms with Gasteiger partial charge in [-0.25, -0.2) is 0 Å². The second kappa shape index (κ2) is 8.73. The first-order valence-corrected chi connectivity index (χ1v) is 10.2. The number of nitrogens with zero attached hydrogens (tertiary/aromatic N) is 3. The lowest BCUT2D eigenvalue weighted by Crippen LogP contribution is -2.53. The molecule has 1 saturated heterocycles. The highest BCUT2D eigenvalue weighted by Gasteiger charge is 2.35. The van der Waals surface area contributed by atoms with E-state index in [2.05, 4.69) is 10.4 Å². The van der Waals surface area contributed by atoms with Gasteiger partial charge in [-0.1, -0.05) is 11.6 Å². The highest BCUT2D eigenvalue weighted by Crippen LogP contribution is 2.28. The Bertz CT molecular complexity index is 875. The van der Waals surface area contributed by atoms with Gasteiger partial charge in [-0.3, -0.25) is 14.4 Å². The minimum atomic E-state index is -0.996. The zero-order valence-electron chi connectivity index (χ0n) is 17.5. The summed E-state index contributed by atoms with van der Waals surface area (Å²) in [7, 11) is 1.83. The van der Waals surface area contributed by atoms with Crippen molar-refractivity contribution < 1.29 is 14.6 Å². The molecule has 1 aromatic heterocycles. The van der Waals surface area contributed by atoms with Gasteiger partial charge >= 0.3 is 0 Å². The van der Waals surface area contributed by atoms with Crippen LogP contribution in [0.5, 0.6) is 5.75 Å². The van der Waals surface area contributed by atoms with Crippen LogP contribution in [0.15, 0.2) is 18.3 Å². The monoisotopic (exact) mass is 420 g/mol. The van der Waals surface area contributed by atoms with Crippen LogP contribution in [0.25, 0.3) is 0 Å². The first kappa shape index (κ1) is 21.6. The molecule has 3 rings (SSSR count). The summed E-state index contributed by atoms with van der Waals surface area (Å²) in [5.41, 5.74) is 2.50. The Morgan fingerprint density at radius 2 is 2.03 bits per heavy atom. The number of ether oxygens (including phenoxy) is 1. The Balaban J connectivity index is 1.56. The summed E-state index contributed by atoms with van der Waals surface area (Å²) in [6.45, 7) is 7.31. The van der Waals surface area contributed by atoms with Gasteiger partial charge in [-0.05, 0) is 63.4 Å². The lowest BCUT2D eigenvalue weighted by atomic mass is 9.93. The Morgan fingerprint density at radius 3 is 2.66 bits per heavy atom. The molecule has 1 amide bonds. The number of amides is 1. The summed E-state index contributed by atoms with van der Waals surface area (Å²) in [4.78, 5) is 14.4. The second-order valence-corrected chi connectivity index (χ2v) is 8.39. The number of likely N-dealkylation sites (tertiary alicyclic amines) is 1. The van der Waals surface area contributed by atoms with Crippen molar-refractivity contribution in [1.82, 2.24) is 14.7 Å². The number of aromatic nitrogens is 2. The van der Waals surface area contributed by atoms with Crippen LogP contribution in [0, 0.1) is 20.8 Å². The standard InChI is InChI=1S/C21H29ClN4O3/c1-14-8-17(9-15(2)20(14)22)29-13-21(28)6-5-7-26(12-21)11-19(27)24-18-10-23-25(4)16(18)3/h8-10,28H,5-7,11-13H2,1-4H3,(H,24,27). The molecule has 158 valence electrons. The number of anilines is 1. The van der Waals surface area contributed by atoms with Crippen molar-refractivity contribution in [3.8, 4) is 5.75 Å². The van der Waals surface area contributed by atoms with Crippen molar-refractivity contribution in [1.29, 1.82) is 0 Å². The highest BCUT2D eigenvalue weighted by atomic mass is 35.5. The number of hydrogen-bond donors (Lipinski definition) is 2. The van der Waals surface area contributed by atoms with Crippen molar-refractivity contribution in [2.45, 2.75) is 39.2 Å². The van der Waals surface area contributed by atoms with Crippen molar-refractivity contribution in [2.24, 2.45) is 7.05 Å². The van der Waals surface area contributed by atoms with Crippen LogP contribution in [-0.2, 0) is 11.8 Å². The average Bonchev–Trinajstić information content (AvgIpc) is 2.96. The van der Waals surface area contributed by atoms with Crippen LogP contribution < -0.4 is 10.1 Å². The van der Waals surface area contributed by atoms with Crippen LogP contribution in [0.3, 0.4) is 0 Å². The largest absolute Gasteiger partial charge is 0.491 e. The van der Waals surface area contributed by atoms with Crippen molar-refractivity contribution in [3.63, 3.8) is 0 Å². The number of carbonyl (C=O) groups excluding carboxylic acids is 1. The molecule has 2 N–H and O–H groups in total. The average molecular weight is 421 g/mol. The van der Waals surface area contributed by atoms with Crippen LogP contribution in [0.4, 0.5) is 5.69 Å². The molecule has 0 bridgehead atoms. The molecule has 1 fully saturated rings. The minimum Gasteiger partial charge on any atom is -0.491 e. The van der Waals surface area contributed by atoms with Gasteiger partial charge in [0.25, 0.3) is 0 Å². The molecule has 1 atom stereocenters. The fourth-order valence-electron chi connectivity index (χ4n) is 3.68. The first-order chi connectivity index (χ1) is 13.7.